The van der Waals surface area contributed by atoms with Crippen LogP contribution in [0.25, 0.3) is 0 Å². The van der Waals surface area contributed by atoms with Gasteiger partial charge in [-0.3, -0.25) is 20.2 Å². The Kier molecular flexibility index (Phi) is 5.34. The standard InChI is InChI=1S/C19H15N7O5/c27-25(28)14-9-10-16(15(11-14)26(29)30)31-19-23-17(20-12-5-1-2-6-12)22-18(24-19)21-13-7-3-4-8-13/h1-5,7,9-11H,6,8H2,(H2,20,21,22,23,24). The Morgan fingerprint density at radius 2 is 1.48 bits per heavy atom. The lowest BCUT2D eigenvalue weighted by Crippen LogP contribution is -2.09. The SMILES string of the molecule is O=[N+]([O-])c1ccc(Oc2nc(NC3=CC=CC3)nc(NC3=CC=CC3)n2)c([N+](=O)[O-])c1. The van der Waals surface area contributed by atoms with Crippen LogP contribution in [-0.2, 0) is 0 Å². The summed E-state index contributed by atoms with van der Waals surface area (Å²) in [5.74, 6) is 0.124. The number of hydrogen-bond acceptors (Lipinski definition) is 10. The average Bonchev–Trinajstić information content (AvgIpc) is 3.42. The molecule has 2 aromatic rings. The van der Waals surface area contributed by atoms with Gasteiger partial charge in [0.05, 0.1) is 15.9 Å². The maximum atomic E-state index is 11.4. The van der Waals surface area contributed by atoms with E-state index in [1.807, 2.05) is 36.5 Å². The lowest BCUT2D eigenvalue weighted by molar-refractivity contribution is -0.394. The third-order valence-corrected chi connectivity index (χ3v) is 4.25. The van der Waals surface area contributed by atoms with Gasteiger partial charge < -0.3 is 15.4 Å². The van der Waals surface area contributed by atoms with Gasteiger partial charge in [0.2, 0.25) is 17.6 Å². The minimum atomic E-state index is -0.772. The molecule has 0 saturated carbocycles. The summed E-state index contributed by atoms with van der Waals surface area (Å²) in [4.78, 5) is 33.5. The predicted octanol–water partition coefficient (Wildman–Crippen LogP) is 3.99. The van der Waals surface area contributed by atoms with Gasteiger partial charge in [-0.15, -0.1) is 0 Å². The number of ether oxygens (including phenoxy) is 1. The molecule has 0 amide bonds. The number of aromatic nitrogens is 3. The lowest BCUT2D eigenvalue weighted by atomic mass is 10.2. The second kappa shape index (κ2) is 8.41. The zero-order chi connectivity index (χ0) is 21.8. The van der Waals surface area contributed by atoms with E-state index in [0.29, 0.717) is 12.8 Å². The van der Waals surface area contributed by atoms with E-state index in [-0.39, 0.29) is 23.7 Å². The van der Waals surface area contributed by atoms with E-state index in [4.69, 9.17) is 4.74 Å². The van der Waals surface area contributed by atoms with Crippen LogP contribution in [0.2, 0.25) is 0 Å². The van der Waals surface area contributed by atoms with Crippen molar-refractivity contribution in [3.05, 3.63) is 86.3 Å². The molecule has 1 aromatic carbocycles. The highest BCUT2D eigenvalue weighted by Gasteiger charge is 2.23. The number of nitro groups is 2. The van der Waals surface area contributed by atoms with Gasteiger partial charge in [0.25, 0.3) is 5.69 Å². The van der Waals surface area contributed by atoms with Crippen molar-refractivity contribution in [3.63, 3.8) is 0 Å². The van der Waals surface area contributed by atoms with Gasteiger partial charge in [0.15, 0.2) is 0 Å². The van der Waals surface area contributed by atoms with Gasteiger partial charge in [0, 0.05) is 30.3 Å². The molecule has 0 radical (unpaired) electrons. The van der Waals surface area contributed by atoms with E-state index >= 15 is 0 Å². The molecule has 4 rings (SSSR count). The fraction of sp³-hybridized carbons (Fsp3) is 0.105. The first kappa shape index (κ1) is 19.7. The van der Waals surface area contributed by atoms with Crippen LogP contribution in [0.3, 0.4) is 0 Å². The predicted molar refractivity (Wildman–Crippen MR) is 111 cm³/mol. The van der Waals surface area contributed by atoms with Crippen molar-refractivity contribution in [2.24, 2.45) is 0 Å². The summed E-state index contributed by atoms with van der Waals surface area (Å²) in [6.45, 7) is 0. The summed E-state index contributed by atoms with van der Waals surface area (Å²) >= 11 is 0. The smallest absolute Gasteiger partial charge is 0.328 e. The molecule has 0 spiro atoms. The maximum Gasteiger partial charge on any atom is 0.328 e. The molecular formula is C19H15N7O5. The highest BCUT2D eigenvalue weighted by Crippen LogP contribution is 2.34. The molecule has 2 N–H and O–H groups in total. The normalized spacial score (nSPS) is 14.2. The summed E-state index contributed by atoms with van der Waals surface area (Å²) < 4.78 is 5.54. The Labute approximate surface area is 175 Å². The van der Waals surface area contributed by atoms with E-state index in [9.17, 15) is 20.2 Å². The van der Waals surface area contributed by atoms with Crippen molar-refractivity contribution in [2.75, 3.05) is 10.6 Å². The van der Waals surface area contributed by atoms with Crippen LogP contribution in [0.1, 0.15) is 12.8 Å². The molecule has 0 atom stereocenters. The van der Waals surface area contributed by atoms with Gasteiger partial charge in [0.1, 0.15) is 0 Å². The number of nitro benzene ring substituents is 2. The van der Waals surface area contributed by atoms with Gasteiger partial charge in [-0.2, -0.15) is 15.0 Å². The quantitative estimate of drug-likeness (QED) is 0.471. The molecule has 0 aliphatic heterocycles. The minimum Gasteiger partial charge on any atom is -0.417 e. The number of allylic oxidation sites excluding steroid dienone is 6. The zero-order valence-corrected chi connectivity index (χ0v) is 15.9. The topological polar surface area (TPSA) is 158 Å². The minimum absolute atomic E-state index is 0.179. The molecule has 156 valence electrons. The molecule has 12 heteroatoms. The Bertz CT molecular complexity index is 1140. The van der Waals surface area contributed by atoms with Crippen LogP contribution in [0, 0.1) is 20.2 Å². The third kappa shape index (κ3) is 4.70. The summed E-state index contributed by atoms with van der Waals surface area (Å²) in [5, 5.41) is 28.4. The second-order valence-electron chi connectivity index (χ2n) is 6.43. The summed E-state index contributed by atoms with van der Waals surface area (Å²) in [6, 6.07) is 2.84. The van der Waals surface area contributed by atoms with E-state index in [2.05, 4.69) is 25.6 Å². The van der Waals surface area contributed by atoms with Crippen LogP contribution >= 0.6 is 0 Å². The average molecular weight is 421 g/mol. The number of benzene rings is 1. The van der Waals surface area contributed by atoms with Crippen LogP contribution in [0.15, 0.2) is 66.0 Å². The molecule has 1 aromatic heterocycles. The van der Waals surface area contributed by atoms with Crippen molar-refractivity contribution in [2.45, 2.75) is 12.8 Å². The van der Waals surface area contributed by atoms with Gasteiger partial charge >= 0.3 is 11.7 Å². The second-order valence-corrected chi connectivity index (χ2v) is 6.43. The number of non-ortho nitro benzene ring substituents is 1. The fourth-order valence-electron chi connectivity index (χ4n) is 2.83. The van der Waals surface area contributed by atoms with Crippen molar-refractivity contribution in [1.29, 1.82) is 0 Å². The Morgan fingerprint density at radius 3 is 1.97 bits per heavy atom. The number of anilines is 2. The van der Waals surface area contributed by atoms with Crippen molar-refractivity contribution in [1.82, 2.24) is 15.0 Å². The molecule has 31 heavy (non-hydrogen) atoms. The van der Waals surface area contributed by atoms with E-state index in [1.165, 1.54) is 0 Å². The Morgan fingerprint density at radius 1 is 0.871 bits per heavy atom. The molecule has 0 fully saturated rings. The molecule has 2 aliphatic rings. The summed E-state index contributed by atoms with van der Waals surface area (Å²) in [5.41, 5.74) is 0.696. The van der Waals surface area contributed by atoms with Gasteiger partial charge in [-0.05, 0) is 18.2 Å². The first-order chi connectivity index (χ1) is 15.0. The van der Waals surface area contributed by atoms with Crippen LogP contribution in [0.5, 0.6) is 11.8 Å². The lowest BCUT2D eigenvalue weighted by Gasteiger charge is -2.11. The first-order valence-corrected chi connectivity index (χ1v) is 9.10. The van der Waals surface area contributed by atoms with Crippen LogP contribution < -0.4 is 15.4 Å². The fourth-order valence-corrected chi connectivity index (χ4v) is 2.83. The summed E-state index contributed by atoms with van der Waals surface area (Å²) in [7, 11) is 0. The molecular weight excluding hydrogens is 406 g/mol. The van der Waals surface area contributed by atoms with Gasteiger partial charge in [-0.1, -0.05) is 24.3 Å². The Hall–Kier alpha value is -4.61. The number of nitrogens with one attached hydrogen (secondary N) is 2. The zero-order valence-electron chi connectivity index (χ0n) is 15.9. The largest absolute Gasteiger partial charge is 0.417 e. The van der Waals surface area contributed by atoms with E-state index in [1.54, 1.807) is 0 Å². The molecule has 0 unspecified atom stereocenters. The summed E-state index contributed by atoms with van der Waals surface area (Å²) in [6.07, 6.45) is 12.8. The number of hydrogen-bond donors (Lipinski definition) is 2. The van der Waals surface area contributed by atoms with Crippen molar-refractivity contribution < 1.29 is 14.6 Å². The molecule has 0 bridgehead atoms. The molecule has 1 heterocycles. The van der Waals surface area contributed by atoms with Gasteiger partial charge in [-0.25, -0.2) is 0 Å². The highest BCUT2D eigenvalue weighted by atomic mass is 16.6. The van der Waals surface area contributed by atoms with E-state index in [0.717, 1.165) is 29.6 Å². The highest BCUT2D eigenvalue weighted by molar-refractivity contribution is 5.55. The van der Waals surface area contributed by atoms with Crippen molar-refractivity contribution in [3.8, 4) is 11.8 Å². The van der Waals surface area contributed by atoms with Crippen LogP contribution in [0.4, 0.5) is 23.3 Å². The maximum absolute atomic E-state index is 11.4. The van der Waals surface area contributed by atoms with E-state index < -0.39 is 21.2 Å². The monoisotopic (exact) mass is 421 g/mol. The third-order valence-electron chi connectivity index (χ3n) is 4.25. The number of nitrogens with zero attached hydrogens (tertiary/aromatic N) is 5. The first-order valence-electron chi connectivity index (χ1n) is 9.10. The molecule has 2 aliphatic carbocycles. The van der Waals surface area contributed by atoms with Crippen molar-refractivity contribution >= 4 is 23.3 Å². The Balaban J connectivity index is 1.66. The van der Waals surface area contributed by atoms with Crippen LogP contribution in [-0.4, -0.2) is 24.8 Å². The number of rotatable bonds is 8. The molecule has 12 nitrogen and oxygen atoms in total. The molecule has 0 saturated heterocycles.